The number of hydrogen-bond acceptors (Lipinski definition) is 2. The van der Waals surface area contributed by atoms with E-state index in [9.17, 15) is 0 Å². The summed E-state index contributed by atoms with van der Waals surface area (Å²) >= 11 is 0. The summed E-state index contributed by atoms with van der Waals surface area (Å²) in [5, 5.41) is 0. The molecule has 0 unspecified atom stereocenters. The van der Waals surface area contributed by atoms with Crippen LogP contribution in [0.5, 0.6) is 0 Å². The molecule has 2 nitrogen and oxygen atoms in total. The van der Waals surface area contributed by atoms with E-state index in [1.54, 1.807) is 0 Å². The van der Waals surface area contributed by atoms with Crippen LogP contribution in [0.4, 0.5) is 0 Å². The normalized spacial score (nSPS) is 17.1. The Morgan fingerprint density at radius 1 is 0.340 bits per heavy atom. The Balaban J connectivity index is 1.53. The summed E-state index contributed by atoms with van der Waals surface area (Å²) < 4.78 is 0. The molecule has 0 amide bonds. The van der Waals surface area contributed by atoms with Crippen molar-refractivity contribution in [2.45, 2.75) is 51.9 Å². The van der Waals surface area contributed by atoms with Gasteiger partial charge in [0, 0.05) is 0 Å². The third-order valence-corrected chi connectivity index (χ3v) is 10.0. The minimum absolute atomic E-state index is 0.00760. The standard InChI is InChI=1S/C45H43N2/c1-32-19-11-15-27-38(32)44(39-28-16-12-20-33(39)2)46-31-47(43(37-25-9-6-10-26-37)42(46)36-23-7-5-8-24-36)45(40-29-17-13-21-34(40)3)41-30-18-14-22-35(41)4/h5-31,42-45H,1-4H3/t42-,43-/m0/s1. The highest BCUT2D eigenvalue weighted by atomic mass is 15.4. The molecule has 1 fully saturated rings. The highest BCUT2D eigenvalue weighted by molar-refractivity contribution is 5.46. The first-order chi connectivity index (χ1) is 23.0. The van der Waals surface area contributed by atoms with Gasteiger partial charge in [-0.1, -0.05) is 158 Å². The fourth-order valence-corrected chi connectivity index (χ4v) is 7.64. The molecule has 2 heteroatoms. The van der Waals surface area contributed by atoms with Crippen molar-refractivity contribution in [1.82, 2.24) is 9.80 Å². The van der Waals surface area contributed by atoms with Gasteiger partial charge in [-0.05, 0) is 83.3 Å². The molecule has 0 bridgehead atoms. The van der Waals surface area contributed by atoms with Gasteiger partial charge in [0.2, 0.25) is 0 Å². The van der Waals surface area contributed by atoms with Gasteiger partial charge in [-0.25, -0.2) is 0 Å². The Labute approximate surface area is 281 Å². The van der Waals surface area contributed by atoms with Crippen molar-refractivity contribution in [2.75, 3.05) is 0 Å². The molecule has 1 aliphatic heterocycles. The van der Waals surface area contributed by atoms with Crippen molar-refractivity contribution < 1.29 is 0 Å². The van der Waals surface area contributed by atoms with Crippen LogP contribution in [0.1, 0.15) is 79.8 Å². The lowest BCUT2D eigenvalue weighted by atomic mass is 9.86. The van der Waals surface area contributed by atoms with E-state index in [2.05, 4.69) is 202 Å². The predicted octanol–water partition coefficient (Wildman–Crippen LogP) is 11.0. The van der Waals surface area contributed by atoms with E-state index in [0.717, 1.165) is 0 Å². The molecule has 0 spiro atoms. The van der Waals surface area contributed by atoms with Gasteiger partial charge in [0.15, 0.2) is 0 Å². The first kappa shape index (κ1) is 30.9. The first-order valence-electron chi connectivity index (χ1n) is 16.7. The van der Waals surface area contributed by atoms with E-state index < -0.39 is 0 Å². The van der Waals surface area contributed by atoms with Crippen LogP contribution >= 0.6 is 0 Å². The van der Waals surface area contributed by atoms with E-state index in [1.165, 1.54) is 55.6 Å². The van der Waals surface area contributed by atoms with Crippen molar-refractivity contribution >= 4 is 0 Å². The second-order valence-electron chi connectivity index (χ2n) is 13.0. The maximum Gasteiger partial charge on any atom is 0.0949 e. The molecular weight excluding hydrogens is 569 g/mol. The van der Waals surface area contributed by atoms with E-state index in [0.29, 0.717) is 0 Å². The van der Waals surface area contributed by atoms with Crippen molar-refractivity contribution in [2.24, 2.45) is 0 Å². The average Bonchev–Trinajstić information content (AvgIpc) is 3.49. The van der Waals surface area contributed by atoms with Crippen molar-refractivity contribution in [1.29, 1.82) is 0 Å². The lowest BCUT2D eigenvalue weighted by Crippen LogP contribution is -2.30. The molecular formula is C45H43N2. The predicted molar refractivity (Wildman–Crippen MR) is 195 cm³/mol. The first-order valence-corrected chi connectivity index (χ1v) is 16.7. The van der Waals surface area contributed by atoms with Crippen LogP contribution in [-0.4, -0.2) is 9.80 Å². The van der Waals surface area contributed by atoms with Gasteiger partial charge in [-0.15, -0.1) is 0 Å². The van der Waals surface area contributed by atoms with E-state index in [-0.39, 0.29) is 24.2 Å². The molecule has 1 radical (unpaired) electrons. The SMILES string of the molecule is Cc1ccccc1C(c1ccccc1C)N1[CH]N(C(c2ccccc2C)c2ccccc2C)[C@@H](c2ccccc2)[C@@H]1c1ccccc1. The zero-order valence-corrected chi connectivity index (χ0v) is 27.8. The van der Waals surface area contributed by atoms with E-state index >= 15 is 0 Å². The zero-order valence-electron chi connectivity index (χ0n) is 27.8. The summed E-state index contributed by atoms with van der Waals surface area (Å²) in [5.41, 5.74) is 13.1. The molecule has 1 saturated heterocycles. The molecule has 233 valence electrons. The lowest BCUT2D eigenvalue weighted by Gasteiger charge is -2.37. The molecule has 47 heavy (non-hydrogen) atoms. The summed E-state index contributed by atoms with van der Waals surface area (Å²) in [6.45, 7) is 11.5. The smallest absolute Gasteiger partial charge is 0.0949 e. The third kappa shape index (κ3) is 5.96. The Bertz CT molecular complexity index is 1710. The quantitative estimate of drug-likeness (QED) is 0.169. The molecule has 7 rings (SSSR count). The number of rotatable bonds is 8. The molecule has 6 aromatic carbocycles. The molecule has 2 atom stereocenters. The summed E-state index contributed by atoms with van der Waals surface area (Å²) in [5.74, 6) is 0. The van der Waals surface area contributed by atoms with Gasteiger partial charge >= 0.3 is 0 Å². The second kappa shape index (κ2) is 13.5. The van der Waals surface area contributed by atoms with Crippen LogP contribution in [0.25, 0.3) is 0 Å². The van der Waals surface area contributed by atoms with Crippen LogP contribution in [0.3, 0.4) is 0 Å². The third-order valence-electron chi connectivity index (χ3n) is 10.0. The van der Waals surface area contributed by atoms with Crippen molar-refractivity contribution in [3.8, 4) is 0 Å². The molecule has 0 N–H and O–H groups in total. The molecule has 0 aromatic heterocycles. The molecule has 1 aliphatic rings. The van der Waals surface area contributed by atoms with Crippen LogP contribution in [-0.2, 0) is 0 Å². The maximum absolute atomic E-state index is 2.67. The van der Waals surface area contributed by atoms with Gasteiger partial charge in [0.05, 0.1) is 30.8 Å². The van der Waals surface area contributed by atoms with Crippen molar-refractivity contribution in [3.05, 3.63) is 220 Å². The number of hydrogen-bond donors (Lipinski definition) is 0. The molecule has 0 saturated carbocycles. The summed E-state index contributed by atoms with van der Waals surface area (Å²) in [6.07, 6.45) is 0. The molecule has 1 heterocycles. The topological polar surface area (TPSA) is 6.48 Å². The Kier molecular flexibility index (Phi) is 8.89. The fraction of sp³-hybridized carbons (Fsp3) is 0.178. The van der Waals surface area contributed by atoms with Crippen molar-refractivity contribution in [3.63, 3.8) is 0 Å². The van der Waals surface area contributed by atoms with Crippen LogP contribution in [0.15, 0.2) is 158 Å². The maximum atomic E-state index is 2.67. The van der Waals surface area contributed by atoms with Gasteiger partial charge < -0.3 is 0 Å². The Morgan fingerprint density at radius 2 is 0.596 bits per heavy atom. The van der Waals surface area contributed by atoms with Crippen LogP contribution in [0, 0.1) is 34.4 Å². The number of aryl methyl sites for hydroxylation is 4. The monoisotopic (exact) mass is 611 g/mol. The van der Waals surface area contributed by atoms with Crippen LogP contribution in [0.2, 0.25) is 0 Å². The largest absolute Gasteiger partial charge is 0.265 e. The molecule has 0 aliphatic carbocycles. The summed E-state index contributed by atoms with van der Waals surface area (Å²) in [7, 11) is 0. The van der Waals surface area contributed by atoms with E-state index in [1.807, 2.05) is 0 Å². The molecule has 6 aromatic rings. The highest BCUT2D eigenvalue weighted by Gasteiger charge is 2.49. The average molecular weight is 612 g/mol. The van der Waals surface area contributed by atoms with Gasteiger partial charge in [0.1, 0.15) is 0 Å². The lowest BCUT2D eigenvalue weighted by molar-refractivity contribution is 0.229. The van der Waals surface area contributed by atoms with E-state index in [4.69, 9.17) is 0 Å². The van der Waals surface area contributed by atoms with Crippen LogP contribution < -0.4 is 0 Å². The van der Waals surface area contributed by atoms with Gasteiger partial charge in [-0.2, -0.15) is 0 Å². The minimum atomic E-state index is 0.00760. The summed E-state index contributed by atoms with van der Waals surface area (Å²) in [6, 6.07) is 58.1. The van der Waals surface area contributed by atoms with Gasteiger partial charge in [0.25, 0.3) is 0 Å². The number of benzene rings is 6. The minimum Gasteiger partial charge on any atom is -0.265 e. The fourth-order valence-electron chi connectivity index (χ4n) is 7.64. The second-order valence-corrected chi connectivity index (χ2v) is 13.0. The Morgan fingerprint density at radius 3 is 0.872 bits per heavy atom. The van der Waals surface area contributed by atoms with Gasteiger partial charge in [-0.3, -0.25) is 9.80 Å². The zero-order chi connectivity index (χ0) is 32.3. The number of nitrogens with zero attached hydrogens (tertiary/aromatic N) is 2. The summed E-state index contributed by atoms with van der Waals surface area (Å²) in [4.78, 5) is 5.34. The highest BCUT2D eigenvalue weighted by Crippen LogP contribution is 2.55. The Hall–Kier alpha value is -4.76.